The molecule has 2 aliphatic rings. The second kappa shape index (κ2) is 6.71. The predicted octanol–water partition coefficient (Wildman–Crippen LogP) is 6.32. The quantitative estimate of drug-likeness (QED) is 0.347. The van der Waals surface area contributed by atoms with Crippen LogP contribution in [0.5, 0.6) is 0 Å². The number of hydrogen-bond donors (Lipinski definition) is 2. The minimum absolute atomic E-state index is 0.903. The molecule has 4 nitrogen and oxygen atoms in total. The molecule has 0 unspecified atom stereocenters. The van der Waals surface area contributed by atoms with Gasteiger partial charge < -0.3 is 9.97 Å². The van der Waals surface area contributed by atoms with Crippen LogP contribution in [-0.4, -0.2) is 19.9 Å². The zero-order chi connectivity index (χ0) is 19.9. The minimum Gasteiger partial charge on any atom is -0.355 e. The highest BCUT2D eigenvalue weighted by Gasteiger charge is 2.06. The highest BCUT2D eigenvalue weighted by Crippen LogP contribution is 2.27. The van der Waals surface area contributed by atoms with Crippen molar-refractivity contribution in [2.45, 2.75) is 0 Å². The van der Waals surface area contributed by atoms with Gasteiger partial charge in [0, 0.05) is 27.6 Å². The topological polar surface area (TPSA) is 57.4 Å². The normalized spacial score (nSPS) is 12.4. The number of nitrogens with one attached hydrogen (secondary N) is 2. The third-order valence-corrected chi connectivity index (χ3v) is 5.25. The highest BCUT2D eigenvalue weighted by molar-refractivity contribution is 5.87. The average Bonchev–Trinajstić information content (AvgIpc) is 3.53. The third kappa shape index (κ3) is 3.14. The molecule has 4 aromatic rings. The number of benzene rings is 1. The van der Waals surface area contributed by atoms with Crippen molar-refractivity contribution in [3.63, 3.8) is 0 Å². The molecule has 0 spiro atoms. The second-order valence-corrected chi connectivity index (χ2v) is 7.45. The molecule has 0 aliphatic carbocycles. The van der Waals surface area contributed by atoms with Crippen molar-refractivity contribution >= 4 is 46.4 Å². The van der Waals surface area contributed by atoms with Crippen LogP contribution < -0.4 is 0 Å². The smallest absolute Gasteiger partial charge is 0.0659 e. The Labute approximate surface area is 173 Å². The summed E-state index contributed by atoms with van der Waals surface area (Å²) < 4.78 is 0. The van der Waals surface area contributed by atoms with Crippen LogP contribution in [-0.2, 0) is 0 Å². The average molecular weight is 386 g/mol. The van der Waals surface area contributed by atoms with E-state index in [9.17, 15) is 0 Å². The lowest BCUT2D eigenvalue weighted by Gasteiger charge is -1.97. The Kier molecular flexibility index (Phi) is 3.74. The Balaban J connectivity index is 1.69. The molecule has 30 heavy (non-hydrogen) atoms. The molecule has 0 saturated carbocycles. The Hall–Kier alpha value is -4.18. The standard InChI is InChI=1S/C26H18N4/c1-2-4-17(5-3-1)25-15-24-14-22-9-8-20(28-22)12-18-6-7-19(27-18)13-21-10-11-23(29-21)16-26(25)30-24/h1-16,28,30H. The van der Waals surface area contributed by atoms with E-state index in [4.69, 9.17) is 4.98 Å². The van der Waals surface area contributed by atoms with Gasteiger partial charge in [-0.2, -0.15) is 0 Å². The van der Waals surface area contributed by atoms with Gasteiger partial charge in [-0.15, -0.1) is 0 Å². The first-order valence-corrected chi connectivity index (χ1v) is 9.92. The Morgan fingerprint density at radius 2 is 1.13 bits per heavy atom. The fraction of sp³-hybridized carbons (Fsp3) is 0. The van der Waals surface area contributed by atoms with Crippen LogP contribution >= 0.6 is 0 Å². The molecule has 0 radical (unpaired) electrons. The van der Waals surface area contributed by atoms with E-state index in [1.54, 1.807) is 0 Å². The van der Waals surface area contributed by atoms with Crippen molar-refractivity contribution in [2.24, 2.45) is 0 Å². The summed E-state index contributed by atoms with van der Waals surface area (Å²) in [4.78, 5) is 16.4. The molecule has 1 aromatic carbocycles. The molecule has 2 aliphatic heterocycles. The summed E-state index contributed by atoms with van der Waals surface area (Å²) in [5.74, 6) is 0. The summed E-state index contributed by atoms with van der Waals surface area (Å²) in [7, 11) is 0. The Morgan fingerprint density at radius 1 is 0.500 bits per heavy atom. The van der Waals surface area contributed by atoms with Crippen molar-refractivity contribution in [3.05, 3.63) is 95.6 Å². The number of rotatable bonds is 1. The molecule has 4 heteroatoms. The molecule has 5 heterocycles. The maximum atomic E-state index is 4.76. The number of H-pyrrole nitrogens is 2. The molecule has 142 valence electrons. The number of fused-ring (bicyclic) bond motifs is 8. The summed E-state index contributed by atoms with van der Waals surface area (Å²) in [6.45, 7) is 0. The minimum atomic E-state index is 0.903. The van der Waals surface area contributed by atoms with Gasteiger partial charge >= 0.3 is 0 Å². The van der Waals surface area contributed by atoms with Gasteiger partial charge in [-0.1, -0.05) is 30.3 Å². The van der Waals surface area contributed by atoms with Crippen LogP contribution in [0.3, 0.4) is 0 Å². The lowest BCUT2D eigenvalue weighted by Crippen LogP contribution is -1.78. The molecule has 0 fully saturated rings. The van der Waals surface area contributed by atoms with Crippen LogP contribution in [0.15, 0.2) is 72.8 Å². The molecule has 2 N–H and O–H groups in total. The SMILES string of the molecule is C1=Cc2cc3ccc(cc4cc(-c5ccccc5)c(cc5nc(cc1n2)C=C5)[nH]4)[nH]3. The van der Waals surface area contributed by atoms with E-state index >= 15 is 0 Å². The zero-order valence-corrected chi connectivity index (χ0v) is 16.1. The van der Waals surface area contributed by atoms with E-state index < -0.39 is 0 Å². The van der Waals surface area contributed by atoms with Crippen LogP contribution in [0.1, 0.15) is 22.8 Å². The van der Waals surface area contributed by atoms with Gasteiger partial charge in [0.2, 0.25) is 0 Å². The van der Waals surface area contributed by atoms with E-state index in [1.165, 1.54) is 5.56 Å². The van der Waals surface area contributed by atoms with E-state index in [1.807, 2.05) is 42.5 Å². The predicted molar refractivity (Wildman–Crippen MR) is 124 cm³/mol. The highest BCUT2D eigenvalue weighted by atomic mass is 14.8. The number of aromatic amines is 2. The number of nitrogens with zero attached hydrogens (tertiary/aromatic N) is 2. The fourth-order valence-corrected chi connectivity index (χ4v) is 3.87. The van der Waals surface area contributed by atoms with Crippen molar-refractivity contribution in [1.29, 1.82) is 0 Å². The molecule has 0 saturated heterocycles. The fourth-order valence-electron chi connectivity index (χ4n) is 3.87. The molecule has 3 aromatic heterocycles. The van der Waals surface area contributed by atoms with Gasteiger partial charge in [0.05, 0.1) is 22.8 Å². The van der Waals surface area contributed by atoms with Gasteiger partial charge in [-0.3, -0.25) is 0 Å². The lowest BCUT2D eigenvalue weighted by atomic mass is 10.1. The second-order valence-electron chi connectivity index (χ2n) is 7.45. The zero-order valence-electron chi connectivity index (χ0n) is 16.1. The lowest BCUT2D eigenvalue weighted by molar-refractivity contribution is 1.28. The van der Waals surface area contributed by atoms with Crippen molar-refractivity contribution < 1.29 is 0 Å². The van der Waals surface area contributed by atoms with Crippen molar-refractivity contribution in [2.75, 3.05) is 0 Å². The molecule has 8 bridgehead atoms. The summed E-state index contributed by atoms with van der Waals surface area (Å²) in [6.07, 6.45) is 8.10. The first-order chi connectivity index (χ1) is 14.8. The van der Waals surface area contributed by atoms with E-state index in [2.05, 4.69) is 69.5 Å². The molecule has 0 atom stereocenters. The van der Waals surface area contributed by atoms with E-state index in [-0.39, 0.29) is 0 Å². The van der Waals surface area contributed by atoms with Gasteiger partial charge in [0.15, 0.2) is 0 Å². The Bertz CT molecular complexity index is 1480. The van der Waals surface area contributed by atoms with E-state index in [0.717, 1.165) is 50.4 Å². The first-order valence-electron chi connectivity index (χ1n) is 9.92. The van der Waals surface area contributed by atoms with Crippen LogP contribution in [0.4, 0.5) is 0 Å². The third-order valence-electron chi connectivity index (χ3n) is 5.25. The summed E-state index contributed by atoms with van der Waals surface area (Å²) >= 11 is 0. The summed E-state index contributed by atoms with van der Waals surface area (Å²) in [5, 5.41) is 0. The van der Waals surface area contributed by atoms with Gasteiger partial charge in [-0.25, -0.2) is 9.97 Å². The summed E-state index contributed by atoms with van der Waals surface area (Å²) in [5.41, 5.74) is 10.1. The van der Waals surface area contributed by atoms with Crippen LogP contribution in [0.25, 0.3) is 57.5 Å². The van der Waals surface area contributed by atoms with Crippen LogP contribution in [0.2, 0.25) is 0 Å². The summed E-state index contributed by atoms with van der Waals surface area (Å²) in [6, 6.07) is 25.0. The van der Waals surface area contributed by atoms with Gasteiger partial charge in [-0.05, 0) is 72.3 Å². The van der Waals surface area contributed by atoms with Gasteiger partial charge in [0.25, 0.3) is 0 Å². The first kappa shape index (κ1) is 16.7. The molecular weight excluding hydrogens is 368 g/mol. The van der Waals surface area contributed by atoms with Crippen molar-refractivity contribution in [1.82, 2.24) is 19.9 Å². The molecule has 6 rings (SSSR count). The molecule has 0 amide bonds. The molecular formula is C26H18N4. The van der Waals surface area contributed by atoms with E-state index in [0.29, 0.717) is 0 Å². The number of aromatic nitrogens is 4. The number of hydrogen-bond acceptors (Lipinski definition) is 2. The van der Waals surface area contributed by atoms with Crippen LogP contribution in [0, 0.1) is 0 Å². The Morgan fingerprint density at radius 3 is 1.87 bits per heavy atom. The monoisotopic (exact) mass is 386 g/mol. The maximum absolute atomic E-state index is 4.76. The maximum Gasteiger partial charge on any atom is 0.0659 e. The van der Waals surface area contributed by atoms with Gasteiger partial charge in [0.1, 0.15) is 0 Å². The van der Waals surface area contributed by atoms with Crippen molar-refractivity contribution in [3.8, 4) is 11.1 Å². The largest absolute Gasteiger partial charge is 0.355 e.